The summed E-state index contributed by atoms with van der Waals surface area (Å²) in [5, 5.41) is 11.9. The van der Waals surface area contributed by atoms with Crippen molar-refractivity contribution in [2.45, 2.75) is 51.7 Å². The summed E-state index contributed by atoms with van der Waals surface area (Å²) >= 11 is 1.45. The van der Waals surface area contributed by atoms with E-state index >= 15 is 0 Å². The van der Waals surface area contributed by atoms with Crippen LogP contribution in [0, 0.1) is 11.3 Å². The Labute approximate surface area is 148 Å². The Hall–Kier alpha value is -1.62. The molecule has 3 rings (SSSR count). The summed E-state index contributed by atoms with van der Waals surface area (Å²) in [7, 11) is 0. The minimum absolute atomic E-state index is 0.0124. The van der Waals surface area contributed by atoms with Crippen LogP contribution in [-0.4, -0.2) is 16.8 Å². The largest absolute Gasteiger partial charge is 0.302 e. The smallest absolute Gasteiger partial charge is 0.244 e. The summed E-state index contributed by atoms with van der Waals surface area (Å²) in [5.41, 5.74) is 2.53. The Balaban J connectivity index is 1.61. The number of rotatable bonds is 2. The lowest BCUT2D eigenvalue weighted by atomic mass is 9.72. The van der Waals surface area contributed by atoms with Crippen molar-refractivity contribution in [1.82, 2.24) is 5.32 Å². The Kier molecular flexibility index (Phi) is 5.09. The fourth-order valence-electron chi connectivity index (χ4n) is 3.29. The molecular weight excluding hydrogens is 318 g/mol. The highest BCUT2D eigenvalue weighted by Gasteiger charge is 2.32. The summed E-state index contributed by atoms with van der Waals surface area (Å²) < 4.78 is 0. The molecule has 1 saturated carbocycles. The standard InChI is InChI=1S/C19H25N3OS/c1-19(2,3)14-9-11-15(12-10-14)21-22-18-20-17(23)16(24-18)13-7-5-4-6-8-13/h4-8,14,16H,9-12H2,1-3H3,(H,20,22,23)/t14?,16-/m0/s1. The van der Waals surface area contributed by atoms with Crippen molar-refractivity contribution in [3.8, 4) is 0 Å². The summed E-state index contributed by atoms with van der Waals surface area (Å²) in [6.07, 6.45) is 4.39. The van der Waals surface area contributed by atoms with Gasteiger partial charge in [-0.15, -0.1) is 5.10 Å². The molecule has 2 aliphatic rings. The lowest BCUT2D eigenvalue weighted by Crippen LogP contribution is -2.26. The van der Waals surface area contributed by atoms with Crippen molar-refractivity contribution in [1.29, 1.82) is 0 Å². The molecule has 1 saturated heterocycles. The molecule has 1 N–H and O–H groups in total. The van der Waals surface area contributed by atoms with Crippen LogP contribution in [0.4, 0.5) is 0 Å². The zero-order chi connectivity index (χ0) is 17.2. The maximum atomic E-state index is 12.1. The zero-order valence-electron chi connectivity index (χ0n) is 14.6. The average Bonchev–Trinajstić information content (AvgIpc) is 2.94. The Morgan fingerprint density at radius 2 is 1.75 bits per heavy atom. The first-order chi connectivity index (χ1) is 11.4. The number of nitrogens with zero attached hydrogens (tertiary/aromatic N) is 2. The molecule has 1 aliphatic carbocycles. The average molecular weight is 343 g/mol. The second-order valence-corrected chi connectivity index (χ2v) is 8.70. The van der Waals surface area contributed by atoms with Gasteiger partial charge in [0, 0.05) is 5.71 Å². The van der Waals surface area contributed by atoms with E-state index in [2.05, 4.69) is 36.3 Å². The van der Waals surface area contributed by atoms with Crippen LogP contribution in [0.2, 0.25) is 0 Å². The van der Waals surface area contributed by atoms with Crippen molar-refractivity contribution in [2.75, 3.05) is 0 Å². The number of amides is 1. The highest BCUT2D eigenvalue weighted by molar-refractivity contribution is 8.15. The fraction of sp³-hybridized carbons (Fsp3) is 0.526. The van der Waals surface area contributed by atoms with E-state index in [9.17, 15) is 4.79 Å². The summed E-state index contributed by atoms with van der Waals surface area (Å²) in [6, 6.07) is 9.80. The van der Waals surface area contributed by atoms with Gasteiger partial charge in [0.2, 0.25) is 5.91 Å². The predicted octanol–water partition coefficient (Wildman–Crippen LogP) is 4.54. The van der Waals surface area contributed by atoms with E-state index in [1.807, 2.05) is 30.3 Å². The van der Waals surface area contributed by atoms with Gasteiger partial charge in [-0.3, -0.25) is 4.79 Å². The molecule has 2 fully saturated rings. The third kappa shape index (κ3) is 4.07. The Bertz CT molecular complexity index is 651. The van der Waals surface area contributed by atoms with Gasteiger partial charge in [0.15, 0.2) is 5.17 Å². The van der Waals surface area contributed by atoms with Gasteiger partial charge >= 0.3 is 0 Å². The van der Waals surface area contributed by atoms with E-state index in [4.69, 9.17) is 0 Å². The van der Waals surface area contributed by atoms with Crippen molar-refractivity contribution < 1.29 is 4.79 Å². The van der Waals surface area contributed by atoms with E-state index in [0.717, 1.165) is 30.0 Å². The molecule has 0 radical (unpaired) electrons. The van der Waals surface area contributed by atoms with Crippen LogP contribution in [-0.2, 0) is 4.79 Å². The Morgan fingerprint density at radius 3 is 2.38 bits per heavy atom. The van der Waals surface area contributed by atoms with Gasteiger partial charge in [-0.2, -0.15) is 5.10 Å². The van der Waals surface area contributed by atoms with Crippen LogP contribution in [0.5, 0.6) is 0 Å². The summed E-state index contributed by atoms with van der Waals surface area (Å²) in [6.45, 7) is 6.94. The van der Waals surface area contributed by atoms with Gasteiger partial charge in [-0.1, -0.05) is 62.9 Å². The summed E-state index contributed by atoms with van der Waals surface area (Å²) in [5.74, 6) is 0.744. The van der Waals surface area contributed by atoms with Crippen LogP contribution in [0.3, 0.4) is 0 Å². The number of benzene rings is 1. The first-order valence-electron chi connectivity index (χ1n) is 8.59. The predicted molar refractivity (Wildman–Crippen MR) is 101 cm³/mol. The SMILES string of the molecule is CC(C)(C)C1CCC(=N/N=C2/NC(=O)[C@H](c3ccccc3)S2)CC1. The van der Waals surface area contributed by atoms with Gasteiger partial charge in [0.05, 0.1) is 0 Å². The third-order valence-electron chi connectivity index (χ3n) is 4.87. The molecule has 1 aliphatic heterocycles. The van der Waals surface area contributed by atoms with Crippen molar-refractivity contribution in [3.63, 3.8) is 0 Å². The highest BCUT2D eigenvalue weighted by Crippen LogP contribution is 2.37. The number of hydrogen-bond donors (Lipinski definition) is 1. The van der Waals surface area contributed by atoms with E-state index in [0.29, 0.717) is 10.6 Å². The number of carbonyl (C=O) groups is 1. The molecule has 24 heavy (non-hydrogen) atoms. The molecule has 0 unspecified atom stereocenters. The molecular formula is C19H25N3OS. The van der Waals surface area contributed by atoms with Crippen LogP contribution in [0.25, 0.3) is 0 Å². The molecule has 0 aromatic heterocycles. The molecule has 1 atom stereocenters. The number of thioether (sulfide) groups is 1. The van der Waals surface area contributed by atoms with Gasteiger partial charge < -0.3 is 5.32 Å². The highest BCUT2D eigenvalue weighted by atomic mass is 32.2. The van der Waals surface area contributed by atoms with Crippen molar-refractivity contribution in [3.05, 3.63) is 35.9 Å². The second-order valence-electron chi connectivity index (χ2n) is 7.61. The molecule has 0 spiro atoms. The molecule has 1 aromatic rings. The quantitative estimate of drug-likeness (QED) is 0.802. The molecule has 4 nitrogen and oxygen atoms in total. The number of carbonyl (C=O) groups excluding carboxylic acids is 1. The minimum Gasteiger partial charge on any atom is -0.302 e. The molecule has 1 amide bonds. The number of hydrogen-bond acceptors (Lipinski definition) is 4. The van der Waals surface area contributed by atoms with E-state index < -0.39 is 0 Å². The fourth-order valence-corrected chi connectivity index (χ4v) is 4.22. The van der Waals surface area contributed by atoms with Crippen molar-refractivity contribution >= 4 is 28.5 Å². The van der Waals surface area contributed by atoms with Gasteiger partial charge in [0.1, 0.15) is 5.25 Å². The minimum atomic E-state index is -0.221. The van der Waals surface area contributed by atoms with Crippen LogP contribution in [0.1, 0.15) is 57.3 Å². The van der Waals surface area contributed by atoms with Crippen LogP contribution < -0.4 is 5.32 Å². The number of nitrogens with one attached hydrogen (secondary N) is 1. The second kappa shape index (κ2) is 7.09. The van der Waals surface area contributed by atoms with E-state index in [1.165, 1.54) is 24.6 Å². The molecule has 0 bridgehead atoms. The van der Waals surface area contributed by atoms with E-state index in [-0.39, 0.29) is 11.2 Å². The molecule has 1 heterocycles. The number of amidine groups is 1. The molecule has 128 valence electrons. The van der Waals surface area contributed by atoms with E-state index in [1.54, 1.807) is 0 Å². The van der Waals surface area contributed by atoms with Crippen LogP contribution >= 0.6 is 11.8 Å². The normalized spacial score (nSPS) is 26.5. The topological polar surface area (TPSA) is 53.8 Å². The monoisotopic (exact) mass is 343 g/mol. The lowest BCUT2D eigenvalue weighted by molar-refractivity contribution is -0.118. The van der Waals surface area contributed by atoms with Gasteiger partial charge in [-0.05, 0) is 42.6 Å². The molecule has 5 heteroatoms. The summed E-state index contributed by atoms with van der Waals surface area (Å²) in [4.78, 5) is 12.1. The maximum absolute atomic E-state index is 12.1. The first-order valence-corrected chi connectivity index (χ1v) is 9.47. The van der Waals surface area contributed by atoms with Gasteiger partial charge in [-0.25, -0.2) is 0 Å². The lowest BCUT2D eigenvalue weighted by Gasteiger charge is -2.34. The maximum Gasteiger partial charge on any atom is 0.244 e. The van der Waals surface area contributed by atoms with Gasteiger partial charge in [0.25, 0.3) is 0 Å². The van der Waals surface area contributed by atoms with Crippen molar-refractivity contribution in [2.24, 2.45) is 21.5 Å². The first kappa shape index (κ1) is 17.2. The zero-order valence-corrected chi connectivity index (χ0v) is 15.4. The Morgan fingerprint density at radius 1 is 1.08 bits per heavy atom. The third-order valence-corrected chi connectivity index (χ3v) is 6.00. The molecule has 1 aromatic carbocycles. The van der Waals surface area contributed by atoms with Crippen LogP contribution in [0.15, 0.2) is 40.5 Å².